The highest BCUT2D eigenvalue weighted by Crippen LogP contribution is 2.19. The van der Waals surface area contributed by atoms with E-state index in [1.165, 1.54) is 12.1 Å². The molecule has 1 aromatic carbocycles. The largest absolute Gasteiger partial charge is 0.478 e. The number of rotatable bonds is 8. The van der Waals surface area contributed by atoms with Crippen molar-refractivity contribution in [2.45, 2.75) is 37.5 Å². The van der Waals surface area contributed by atoms with Gasteiger partial charge in [-0.25, -0.2) is 17.9 Å². The summed E-state index contributed by atoms with van der Waals surface area (Å²) in [6.45, 7) is 2.43. The van der Waals surface area contributed by atoms with Gasteiger partial charge < -0.3 is 10.8 Å². The van der Waals surface area contributed by atoms with Gasteiger partial charge >= 0.3 is 5.97 Å². The lowest BCUT2D eigenvalue weighted by Crippen LogP contribution is -2.25. The Kier molecular flexibility index (Phi) is 5.97. The van der Waals surface area contributed by atoms with Gasteiger partial charge in [0, 0.05) is 6.54 Å². The minimum atomic E-state index is -3.69. The summed E-state index contributed by atoms with van der Waals surface area (Å²) in [6.07, 6.45) is 3.88. The first-order valence-electron chi connectivity index (χ1n) is 6.51. The molecule has 0 unspecified atom stereocenters. The number of aromatic carboxylic acids is 1. The zero-order valence-electron chi connectivity index (χ0n) is 11.4. The monoisotopic (exact) mass is 300 g/mol. The van der Waals surface area contributed by atoms with Crippen LogP contribution in [0.2, 0.25) is 0 Å². The second-order valence-electron chi connectivity index (χ2n) is 4.52. The zero-order valence-corrected chi connectivity index (χ0v) is 12.2. The Balaban J connectivity index is 2.75. The molecule has 0 amide bonds. The minimum absolute atomic E-state index is 0.0376. The molecule has 0 aliphatic rings. The highest BCUT2D eigenvalue weighted by molar-refractivity contribution is 7.89. The van der Waals surface area contributed by atoms with Crippen molar-refractivity contribution >= 4 is 21.7 Å². The van der Waals surface area contributed by atoms with Crippen molar-refractivity contribution < 1.29 is 18.3 Å². The molecule has 0 heterocycles. The summed E-state index contributed by atoms with van der Waals surface area (Å²) in [4.78, 5) is 10.7. The third-order valence-electron chi connectivity index (χ3n) is 2.87. The molecule has 0 atom stereocenters. The van der Waals surface area contributed by atoms with Crippen LogP contribution in [0.4, 0.5) is 5.69 Å². The van der Waals surface area contributed by atoms with E-state index in [2.05, 4.69) is 11.6 Å². The number of nitrogen functional groups attached to an aromatic ring is 1. The van der Waals surface area contributed by atoms with Crippen LogP contribution in [0.3, 0.4) is 0 Å². The van der Waals surface area contributed by atoms with E-state index < -0.39 is 16.0 Å². The first-order valence-corrected chi connectivity index (χ1v) is 7.99. The Morgan fingerprint density at radius 1 is 1.30 bits per heavy atom. The number of carboxylic acids is 1. The first-order chi connectivity index (χ1) is 9.38. The molecular weight excluding hydrogens is 280 g/mol. The molecule has 1 rings (SSSR count). The predicted molar refractivity (Wildman–Crippen MR) is 77.1 cm³/mol. The number of hydrogen-bond donors (Lipinski definition) is 3. The van der Waals surface area contributed by atoms with Crippen molar-refractivity contribution in [1.82, 2.24) is 4.72 Å². The molecule has 0 fully saturated rings. The number of carbonyl (C=O) groups is 1. The summed E-state index contributed by atoms with van der Waals surface area (Å²) in [5.41, 5.74) is 5.51. The molecule has 0 aliphatic carbocycles. The van der Waals surface area contributed by atoms with E-state index in [4.69, 9.17) is 10.8 Å². The van der Waals surface area contributed by atoms with E-state index in [0.29, 0.717) is 6.54 Å². The van der Waals surface area contributed by atoms with Crippen molar-refractivity contribution in [2.75, 3.05) is 12.3 Å². The second-order valence-corrected chi connectivity index (χ2v) is 6.25. The molecule has 20 heavy (non-hydrogen) atoms. The molecule has 0 spiro atoms. The molecule has 1 aromatic rings. The van der Waals surface area contributed by atoms with Crippen LogP contribution in [0.5, 0.6) is 0 Å². The number of hydrogen-bond acceptors (Lipinski definition) is 4. The van der Waals surface area contributed by atoms with Gasteiger partial charge in [0.25, 0.3) is 0 Å². The van der Waals surface area contributed by atoms with Crippen LogP contribution < -0.4 is 10.5 Å². The number of sulfonamides is 1. The average Bonchev–Trinajstić information content (AvgIpc) is 2.37. The highest BCUT2D eigenvalue weighted by atomic mass is 32.2. The Labute approximate surface area is 119 Å². The van der Waals surface area contributed by atoms with Gasteiger partial charge in [-0.15, -0.1) is 0 Å². The molecule has 0 saturated carbocycles. The minimum Gasteiger partial charge on any atom is -0.478 e. The van der Waals surface area contributed by atoms with Gasteiger partial charge in [-0.1, -0.05) is 26.2 Å². The Hall–Kier alpha value is -1.60. The Bertz CT molecular complexity index is 570. The van der Waals surface area contributed by atoms with Crippen molar-refractivity contribution in [3.8, 4) is 0 Å². The van der Waals surface area contributed by atoms with Crippen LogP contribution in [-0.2, 0) is 10.0 Å². The molecule has 112 valence electrons. The second kappa shape index (κ2) is 7.25. The van der Waals surface area contributed by atoms with Crippen molar-refractivity contribution in [1.29, 1.82) is 0 Å². The molecule has 0 saturated heterocycles. The first kappa shape index (κ1) is 16.5. The number of nitrogens with two attached hydrogens (primary N) is 1. The van der Waals surface area contributed by atoms with Crippen LogP contribution in [0.25, 0.3) is 0 Å². The summed E-state index contributed by atoms with van der Waals surface area (Å²) in [7, 11) is -3.69. The lowest BCUT2D eigenvalue weighted by Gasteiger charge is -2.09. The number of unbranched alkanes of at least 4 members (excludes halogenated alkanes) is 3. The fraction of sp³-hybridized carbons (Fsp3) is 0.462. The average molecular weight is 300 g/mol. The van der Waals surface area contributed by atoms with Crippen LogP contribution in [0, 0.1) is 0 Å². The van der Waals surface area contributed by atoms with E-state index >= 15 is 0 Å². The Morgan fingerprint density at radius 3 is 2.55 bits per heavy atom. The van der Waals surface area contributed by atoms with Crippen LogP contribution >= 0.6 is 0 Å². The highest BCUT2D eigenvalue weighted by Gasteiger charge is 2.18. The van der Waals surface area contributed by atoms with Crippen molar-refractivity contribution in [3.63, 3.8) is 0 Å². The SMILES string of the molecule is CCCCCCNS(=O)(=O)c1ccc(C(=O)O)cc1N. The fourth-order valence-corrected chi connectivity index (χ4v) is 2.95. The summed E-state index contributed by atoms with van der Waals surface area (Å²) >= 11 is 0. The third-order valence-corrected chi connectivity index (χ3v) is 4.40. The summed E-state index contributed by atoms with van der Waals surface area (Å²) in [5.74, 6) is -1.15. The van der Waals surface area contributed by atoms with Gasteiger partial charge in [-0.2, -0.15) is 0 Å². The number of anilines is 1. The van der Waals surface area contributed by atoms with Crippen LogP contribution in [0.1, 0.15) is 43.0 Å². The quantitative estimate of drug-likeness (QED) is 0.501. The molecule has 0 aromatic heterocycles. The van der Waals surface area contributed by atoms with E-state index in [1.54, 1.807) is 0 Å². The van der Waals surface area contributed by atoms with E-state index in [1.807, 2.05) is 0 Å². The Morgan fingerprint density at radius 2 is 2.00 bits per heavy atom. The predicted octanol–water partition coefficient (Wildman–Crippen LogP) is 1.83. The lowest BCUT2D eigenvalue weighted by molar-refractivity contribution is 0.0697. The molecule has 0 radical (unpaired) electrons. The lowest BCUT2D eigenvalue weighted by atomic mass is 10.2. The summed E-state index contributed by atoms with van der Waals surface area (Å²) in [5, 5.41) is 8.81. The number of carboxylic acid groups (broad SMARTS) is 1. The van der Waals surface area contributed by atoms with Crippen LogP contribution in [-0.4, -0.2) is 26.0 Å². The topological polar surface area (TPSA) is 109 Å². The van der Waals surface area contributed by atoms with Gasteiger partial charge in [0.05, 0.1) is 11.3 Å². The van der Waals surface area contributed by atoms with Gasteiger partial charge in [-0.3, -0.25) is 0 Å². The maximum Gasteiger partial charge on any atom is 0.335 e. The maximum absolute atomic E-state index is 12.0. The van der Waals surface area contributed by atoms with E-state index in [0.717, 1.165) is 31.7 Å². The van der Waals surface area contributed by atoms with E-state index in [-0.39, 0.29) is 16.1 Å². The van der Waals surface area contributed by atoms with Gasteiger partial charge in [0.1, 0.15) is 4.90 Å². The number of nitrogens with one attached hydrogen (secondary N) is 1. The van der Waals surface area contributed by atoms with Gasteiger partial charge in [-0.05, 0) is 24.6 Å². The fourth-order valence-electron chi connectivity index (χ4n) is 1.76. The van der Waals surface area contributed by atoms with E-state index in [9.17, 15) is 13.2 Å². The van der Waals surface area contributed by atoms with Crippen LogP contribution in [0.15, 0.2) is 23.1 Å². The standard InChI is InChI=1S/C13H20N2O4S/c1-2-3-4-5-8-15-20(18,19)12-7-6-10(13(16)17)9-11(12)14/h6-7,9,15H,2-5,8,14H2,1H3,(H,16,17). The zero-order chi connectivity index (χ0) is 15.2. The van der Waals surface area contributed by atoms with Gasteiger partial charge in [0.15, 0.2) is 0 Å². The molecule has 7 heteroatoms. The molecule has 0 aliphatic heterocycles. The molecule has 4 N–H and O–H groups in total. The smallest absolute Gasteiger partial charge is 0.335 e. The molecular formula is C13H20N2O4S. The molecule has 0 bridgehead atoms. The van der Waals surface area contributed by atoms with Gasteiger partial charge in [0.2, 0.25) is 10.0 Å². The molecule has 6 nitrogen and oxygen atoms in total. The summed E-state index contributed by atoms with van der Waals surface area (Å²) < 4.78 is 26.5. The van der Waals surface area contributed by atoms with Crippen molar-refractivity contribution in [3.05, 3.63) is 23.8 Å². The third kappa shape index (κ3) is 4.50. The number of benzene rings is 1. The summed E-state index contributed by atoms with van der Waals surface area (Å²) in [6, 6.07) is 3.59. The normalized spacial score (nSPS) is 11.4. The van der Waals surface area contributed by atoms with Crippen molar-refractivity contribution in [2.24, 2.45) is 0 Å². The maximum atomic E-state index is 12.0.